The van der Waals surface area contributed by atoms with Gasteiger partial charge >= 0.3 is 0 Å². The predicted octanol–water partition coefficient (Wildman–Crippen LogP) is -0.141. The van der Waals surface area contributed by atoms with Gasteiger partial charge < -0.3 is 4.90 Å². The number of hydrogen-bond acceptors (Lipinski definition) is 3. The van der Waals surface area contributed by atoms with Crippen LogP contribution in [-0.4, -0.2) is 39.2 Å². The second kappa shape index (κ2) is 2.36. The molecule has 0 aromatic carbocycles. The Kier molecular flexibility index (Phi) is 1.83. The van der Waals surface area contributed by atoms with Crippen molar-refractivity contribution in [2.75, 3.05) is 19.8 Å². The number of likely N-dealkylation sites (N-methyl/N-ethyl adjacent to an activating group) is 1. The minimum atomic E-state index is -2.86. The quantitative estimate of drug-likeness (QED) is 0.537. The first-order chi connectivity index (χ1) is 4.51. The highest BCUT2D eigenvalue weighted by Gasteiger charge is 2.22. The molecule has 1 heterocycles. The smallest absolute Gasteiger partial charge is 0.173 e. The second-order valence-electron chi connectivity index (χ2n) is 2.69. The monoisotopic (exact) mass is 161 g/mol. The molecule has 58 valence electrons. The Balaban J connectivity index is 2.72. The van der Waals surface area contributed by atoms with Gasteiger partial charge in [-0.3, -0.25) is 0 Å². The fourth-order valence-electron chi connectivity index (χ4n) is 0.881. The molecule has 0 amide bonds. The Hall–Kier alpha value is -0.350. The van der Waals surface area contributed by atoms with Crippen molar-refractivity contribution in [1.82, 2.24) is 4.90 Å². The largest absolute Gasteiger partial charge is 0.302 e. The lowest BCUT2D eigenvalue weighted by Gasteiger charge is -2.14. The zero-order valence-electron chi connectivity index (χ0n) is 6.11. The molecule has 0 aliphatic carbocycles. The van der Waals surface area contributed by atoms with Crippen LogP contribution in [0.2, 0.25) is 0 Å². The lowest BCUT2D eigenvalue weighted by molar-refractivity contribution is 0.368. The third-order valence-electron chi connectivity index (χ3n) is 1.57. The molecule has 0 aromatic heterocycles. The first-order valence-corrected chi connectivity index (χ1v) is 4.80. The molecule has 0 spiro atoms. The van der Waals surface area contributed by atoms with Gasteiger partial charge in [-0.2, -0.15) is 0 Å². The second-order valence-corrected chi connectivity index (χ2v) is 4.62. The molecule has 0 radical (unpaired) electrons. The van der Waals surface area contributed by atoms with Crippen LogP contribution in [0.1, 0.15) is 0 Å². The summed E-state index contributed by atoms with van der Waals surface area (Å²) in [4.78, 5) is 1.89. The fourth-order valence-corrected chi connectivity index (χ4v) is 2.30. The molecule has 1 aliphatic heterocycles. The van der Waals surface area contributed by atoms with Crippen molar-refractivity contribution in [3.8, 4) is 0 Å². The average Bonchev–Trinajstić information content (AvgIpc) is 2.10. The summed E-state index contributed by atoms with van der Waals surface area (Å²) in [6.07, 6.45) is 1.72. The van der Waals surface area contributed by atoms with Gasteiger partial charge in [0.05, 0.1) is 5.75 Å². The summed E-state index contributed by atoms with van der Waals surface area (Å²) in [5.41, 5.74) is 0. The topological polar surface area (TPSA) is 37.4 Å². The zero-order chi connectivity index (χ0) is 7.78. The normalized spacial score (nSPS) is 29.7. The molecule has 0 unspecified atom stereocenters. The fraction of sp³-hybridized carbons (Fsp3) is 0.667. The van der Waals surface area contributed by atoms with Gasteiger partial charge in [-0.05, 0) is 14.1 Å². The SMILES string of the molecule is CN(C)[C@H]1C=CS(=O)(=O)C1. The van der Waals surface area contributed by atoms with E-state index in [9.17, 15) is 8.42 Å². The van der Waals surface area contributed by atoms with Gasteiger partial charge in [0, 0.05) is 11.4 Å². The Morgan fingerprint density at radius 2 is 2.10 bits per heavy atom. The van der Waals surface area contributed by atoms with E-state index in [1.807, 2.05) is 19.0 Å². The number of rotatable bonds is 1. The number of hydrogen-bond donors (Lipinski definition) is 0. The first kappa shape index (κ1) is 7.75. The molecule has 0 fully saturated rings. The van der Waals surface area contributed by atoms with Gasteiger partial charge in [-0.1, -0.05) is 6.08 Å². The van der Waals surface area contributed by atoms with E-state index in [0.717, 1.165) is 0 Å². The predicted molar refractivity (Wildman–Crippen MR) is 40.4 cm³/mol. The van der Waals surface area contributed by atoms with E-state index >= 15 is 0 Å². The average molecular weight is 161 g/mol. The zero-order valence-corrected chi connectivity index (χ0v) is 6.93. The molecule has 0 saturated heterocycles. The van der Waals surface area contributed by atoms with Crippen molar-refractivity contribution in [1.29, 1.82) is 0 Å². The van der Waals surface area contributed by atoms with Crippen LogP contribution in [0.4, 0.5) is 0 Å². The van der Waals surface area contributed by atoms with E-state index in [1.165, 1.54) is 5.41 Å². The summed E-state index contributed by atoms with van der Waals surface area (Å²) < 4.78 is 21.7. The van der Waals surface area contributed by atoms with Gasteiger partial charge in [0.1, 0.15) is 0 Å². The molecular weight excluding hydrogens is 150 g/mol. The molecule has 0 N–H and O–H groups in total. The van der Waals surface area contributed by atoms with E-state index in [4.69, 9.17) is 0 Å². The standard InChI is InChI=1S/C6H11NO2S/c1-7(2)6-3-4-10(8,9)5-6/h3-4,6H,5H2,1-2H3/t6-/m0/s1. The summed E-state index contributed by atoms with van der Waals surface area (Å²) >= 11 is 0. The lowest BCUT2D eigenvalue weighted by atomic mass is 10.3. The Morgan fingerprint density at radius 3 is 2.30 bits per heavy atom. The molecule has 0 bridgehead atoms. The lowest BCUT2D eigenvalue weighted by Crippen LogP contribution is -2.28. The van der Waals surface area contributed by atoms with Crippen molar-refractivity contribution in [2.45, 2.75) is 6.04 Å². The van der Waals surface area contributed by atoms with Crippen LogP contribution in [0, 0.1) is 0 Å². The van der Waals surface area contributed by atoms with Gasteiger partial charge in [-0.15, -0.1) is 0 Å². The molecule has 3 nitrogen and oxygen atoms in total. The van der Waals surface area contributed by atoms with Crippen LogP contribution < -0.4 is 0 Å². The number of nitrogens with zero attached hydrogens (tertiary/aromatic N) is 1. The Labute approximate surface area is 61.3 Å². The summed E-state index contributed by atoms with van der Waals surface area (Å²) in [6, 6.07) is 0.0741. The maximum atomic E-state index is 10.8. The third-order valence-corrected chi connectivity index (χ3v) is 2.95. The van der Waals surface area contributed by atoms with Crippen molar-refractivity contribution < 1.29 is 8.42 Å². The van der Waals surface area contributed by atoms with Crippen molar-refractivity contribution >= 4 is 9.84 Å². The molecule has 10 heavy (non-hydrogen) atoms. The van der Waals surface area contributed by atoms with Crippen molar-refractivity contribution in [2.24, 2.45) is 0 Å². The first-order valence-electron chi connectivity index (χ1n) is 3.09. The summed E-state index contributed by atoms with van der Waals surface area (Å²) in [5.74, 6) is 0.236. The maximum Gasteiger partial charge on any atom is 0.173 e. The minimum Gasteiger partial charge on any atom is -0.302 e. The minimum absolute atomic E-state index is 0.0741. The summed E-state index contributed by atoms with van der Waals surface area (Å²) in [5, 5.41) is 1.29. The summed E-state index contributed by atoms with van der Waals surface area (Å²) in [6.45, 7) is 0. The Morgan fingerprint density at radius 1 is 1.50 bits per heavy atom. The molecule has 1 atom stereocenters. The van der Waals surface area contributed by atoms with E-state index in [2.05, 4.69) is 0 Å². The van der Waals surface area contributed by atoms with Crippen LogP contribution in [0.15, 0.2) is 11.5 Å². The van der Waals surface area contributed by atoms with Gasteiger partial charge in [0.25, 0.3) is 0 Å². The molecule has 0 saturated carbocycles. The van der Waals surface area contributed by atoms with Crippen LogP contribution in [0.3, 0.4) is 0 Å². The molecule has 1 aliphatic rings. The maximum absolute atomic E-state index is 10.8. The van der Waals surface area contributed by atoms with Crippen molar-refractivity contribution in [3.05, 3.63) is 11.5 Å². The van der Waals surface area contributed by atoms with E-state index in [-0.39, 0.29) is 11.8 Å². The molecule has 4 heteroatoms. The van der Waals surface area contributed by atoms with E-state index in [1.54, 1.807) is 6.08 Å². The van der Waals surface area contributed by atoms with E-state index in [0.29, 0.717) is 0 Å². The highest BCUT2D eigenvalue weighted by molar-refractivity contribution is 7.94. The van der Waals surface area contributed by atoms with Crippen LogP contribution in [0.5, 0.6) is 0 Å². The van der Waals surface area contributed by atoms with Crippen LogP contribution in [-0.2, 0) is 9.84 Å². The third kappa shape index (κ3) is 1.58. The molecule has 0 aromatic rings. The highest BCUT2D eigenvalue weighted by atomic mass is 32.2. The van der Waals surface area contributed by atoms with Gasteiger partial charge in [0.15, 0.2) is 9.84 Å². The molecular formula is C6H11NO2S. The van der Waals surface area contributed by atoms with Crippen molar-refractivity contribution in [3.63, 3.8) is 0 Å². The summed E-state index contributed by atoms with van der Waals surface area (Å²) in [7, 11) is 0.879. The van der Waals surface area contributed by atoms with Crippen LogP contribution in [0.25, 0.3) is 0 Å². The van der Waals surface area contributed by atoms with Gasteiger partial charge in [-0.25, -0.2) is 8.42 Å². The van der Waals surface area contributed by atoms with Crippen LogP contribution >= 0.6 is 0 Å². The highest BCUT2D eigenvalue weighted by Crippen LogP contribution is 2.11. The molecule has 1 rings (SSSR count). The van der Waals surface area contributed by atoms with Gasteiger partial charge in [0.2, 0.25) is 0 Å². The number of sulfone groups is 1. The Bertz CT molecular complexity index is 240. The van der Waals surface area contributed by atoms with E-state index < -0.39 is 9.84 Å².